The molecule has 7 heteroatoms. The minimum absolute atomic E-state index is 0.146. The fourth-order valence-electron chi connectivity index (χ4n) is 2.07. The Morgan fingerprint density at radius 3 is 3.10 bits per heavy atom. The molecule has 0 aliphatic carbocycles. The highest BCUT2D eigenvalue weighted by Gasteiger charge is 2.31. The van der Waals surface area contributed by atoms with Crippen LogP contribution in [0.25, 0.3) is 0 Å². The van der Waals surface area contributed by atoms with Crippen LogP contribution in [-0.2, 0) is 14.4 Å². The van der Waals surface area contributed by atoms with E-state index in [0.717, 1.165) is 0 Å². The zero-order valence-electron chi connectivity index (χ0n) is 11.7. The van der Waals surface area contributed by atoms with Crippen LogP contribution < -0.4 is 5.32 Å². The second-order valence-corrected chi connectivity index (χ2v) is 5.20. The molecule has 1 aliphatic rings. The molecule has 1 aromatic rings. The number of benzene rings is 1. The second-order valence-electron chi connectivity index (χ2n) is 4.80. The first-order valence-corrected chi connectivity index (χ1v) is 6.87. The quantitative estimate of drug-likeness (QED) is 0.905. The van der Waals surface area contributed by atoms with Gasteiger partial charge in [-0.15, -0.1) is 0 Å². The van der Waals surface area contributed by atoms with Crippen LogP contribution in [0, 0.1) is 5.82 Å². The van der Waals surface area contributed by atoms with E-state index in [-0.39, 0.29) is 29.0 Å². The first kappa shape index (κ1) is 15.7. The molecule has 0 saturated heterocycles. The van der Waals surface area contributed by atoms with E-state index in [1.807, 2.05) is 6.92 Å². The number of oxime groups is 1. The van der Waals surface area contributed by atoms with Crippen molar-refractivity contribution in [2.75, 3.05) is 13.7 Å². The molecule has 1 heterocycles. The molecule has 1 amide bonds. The van der Waals surface area contributed by atoms with E-state index in [4.69, 9.17) is 21.2 Å². The zero-order chi connectivity index (χ0) is 15.4. The molecule has 0 unspecified atom stereocenters. The van der Waals surface area contributed by atoms with Crippen molar-refractivity contribution in [2.24, 2.45) is 5.16 Å². The highest BCUT2D eigenvalue weighted by molar-refractivity contribution is 6.34. The zero-order valence-corrected chi connectivity index (χ0v) is 12.5. The molecule has 0 spiro atoms. The Kier molecular flexibility index (Phi) is 5.14. The molecule has 0 aromatic heterocycles. The Morgan fingerprint density at radius 1 is 1.67 bits per heavy atom. The molecule has 0 bridgehead atoms. The van der Waals surface area contributed by atoms with Crippen LogP contribution in [0.5, 0.6) is 0 Å². The van der Waals surface area contributed by atoms with Gasteiger partial charge in [0.1, 0.15) is 5.82 Å². The summed E-state index contributed by atoms with van der Waals surface area (Å²) in [6.45, 7) is 2.21. The van der Waals surface area contributed by atoms with E-state index in [0.29, 0.717) is 12.3 Å². The van der Waals surface area contributed by atoms with Crippen molar-refractivity contribution < 1.29 is 18.8 Å². The van der Waals surface area contributed by atoms with Gasteiger partial charge in [-0.2, -0.15) is 0 Å². The summed E-state index contributed by atoms with van der Waals surface area (Å²) >= 11 is 5.97. The Hall–Kier alpha value is -1.66. The SMILES string of the molecule is COC[C@@H](C)NC(=O)[C@H]1CC(c2c(F)cccc2Cl)=NO1. The topological polar surface area (TPSA) is 59.9 Å². The maximum atomic E-state index is 13.8. The molecule has 21 heavy (non-hydrogen) atoms. The van der Waals surface area contributed by atoms with Crippen LogP contribution >= 0.6 is 11.6 Å². The van der Waals surface area contributed by atoms with Crippen LogP contribution in [0.15, 0.2) is 23.4 Å². The number of amides is 1. The van der Waals surface area contributed by atoms with Crippen LogP contribution in [0.4, 0.5) is 4.39 Å². The number of rotatable bonds is 5. The molecular weight excluding hydrogens is 299 g/mol. The summed E-state index contributed by atoms with van der Waals surface area (Å²) in [5.74, 6) is -0.801. The number of hydrogen-bond donors (Lipinski definition) is 1. The van der Waals surface area contributed by atoms with Crippen molar-refractivity contribution >= 4 is 23.2 Å². The number of ether oxygens (including phenoxy) is 1. The summed E-state index contributed by atoms with van der Waals surface area (Å²) in [5, 5.41) is 6.76. The van der Waals surface area contributed by atoms with Crippen molar-refractivity contribution in [2.45, 2.75) is 25.5 Å². The number of carbonyl (C=O) groups is 1. The third-order valence-electron chi connectivity index (χ3n) is 3.02. The van der Waals surface area contributed by atoms with Gasteiger partial charge in [0, 0.05) is 19.6 Å². The minimum atomic E-state index is -0.782. The Labute approximate surface area is 127 Å². The summed E-state index contributed by atoms with van der Waals surface area (Å²) in [5.41, 5.74) is 0.511. The van der Waals surface area contributed by atoms with Gasteiger partial charge in [0.25, 0.3) is 5.91 Å². The van der Waals surface area contributed by atoms with Crippen molar-refractivity contribution in [3.63, 3.8) is 0 Å². The Balaban J connectivity index is 2.01. The lowest BCUT2D eigenvalue weighted by Gasteiger charge is -2.15. The van der Waals surface area contributed by atoms with Crippen LogP contribution in [0.3, 0.4) is 0 Å². The fraction of sp³-hybridized carbons (Fsp3) is 0.429. The van der Waals surface area contributed by atoms with Gasteiger partial charge in [0.05, 0.1) is 22.9 Å². The predicted octanol–water partition coefficient (Wildman–Crippen LogP) is 2.12. The molecule has 1 aliphatic heterocycles. The molecule has 1 aromatic carbocycles. The molecule has 1 N–H and O–H groups in total. The standard InChI is InChI=1S/C14H16ClFN2O3/c1-8(7-20-2)17-14(19)12-6-11(18-21-12)13-9(15)4-3-5-10(13)16/h3-5,8,12H,6-7H2,1-2H3,(H,17,19)/t8-,12-/m1/s1. The summed E-state index contributed by atoms with van der Waals surface area (Å²) < 4.78 is 18.7. The van der Waals surface area contributed by atoms with E-state index in [9.17, 15) is 9.18 Å². The second kappa shape index (κ2) is 6.87. The lowest BCUT2D eigenvalue weighted by molar-refractivity contribution is -0.132. The van der Waals surface area contributed by atoms with E-state index in [1.54, 1.807) is 13.2 Å². The molecular formula is C14H16ClFN2O3. The summed E-state index contributed by atoms with van der Waals surface area (Å²) in [6, 6.07) is 4.22. The summed E-state index contributed by atoms with van der Waals surface area (Å²) in [4.78, 5) is 17.1. The molecule has 5 nitrogen and oxygen atoms in total. The number of methoxy groups -OCH3 is 1. The molecule has 2 atom stereocenters. The number of halogens is 2. The molecule has 0 saturated carbocycles. The van der Waals surface area contributed by atoms with E-state index in [2.05, 4.69) is 10.5 Å². The van der Waals surface area contributed by atoms with Gasteiger partial charge in [0.2, 0.25) is 6.10 Å². The Bertz CT molecular complexity index is 545. The number of nitrogens with zero attached hydrogens (tertiary/aromatic N) is 1. The van der Waals surface area contributed by atoms with Crippen LogP contribution in [-0.4, -0.2) is 37.5 Å². The van der Waals surface area contributed by atoms with Crippen LogP contribution in [0.1, 0.15) is 18.9 Å². The van der Waals surface area contributed by atoms with Gasteiger partial charge in [-0.3, -0.25) is 4.79 Å². The van der Waals surface area contributed by atoms with Crippen molar-refractivity contribution in [3.8, 4) is 0 Å². The van der Waals surface area contributed by atoms with Gasteiger partial charge in [0.15, 0.2) is 0 Å². The smallest absolute Gasteiger partial charge is 0.264 e. The van der Waals surface area contributed by atoms with Gasteiger partial charge in [-0.1, -0.05) is 22.8 Å². The molecule has 0 fully saturated rings. The largest absolute Gasteiger partial charge is 0.383 e. The molecule has 2 rings (SSSR count). The summed E-state index contributed by atoms with van der Waals surface area (Å²) in [7, 11) is 1.55. The average Bonchev–Trinajstić information content (AvgIpc) is 2.88. The normalized spacial score (nSPS) is 18.9. The monoisotopic (exact) mass is 314 g/mol. The van der Waals surface area contributed by atoms with Gasteiger partial charge in [-0.25, -0.2) is 4.39 Å². The lowest BCUT2D eigenvalue weighted by atomic mass is 10.0. The van der Waals surface area contributed by atoms with Crippen molar-refractivity contribution in [1.82, 2.24) is 5.32 Å². The minimum Gasteiger partial charge on any atom is -0.383 e. The first-order chi connectivity index (χ1) is 10.0. The first-order valence-electron chi connectivity index (χ1n) is 6.49. The predicted molar refractivity (Wildman–Crippen MR) is 76.9 cm³/mol. The number of nitrogens with one attached hydrogen (secondary N) is 1. The third-order valence-corrected chi connectivity index (χ3v) is 3.33. The van der Waals surface area contributed by atoms with Gasteiger partial charge >= 0.3 is 0 Å². The van der Waals surface area contributed by atoms with Crippen LogP contribution in [0.2, 0.25) is 5.02 Å². The molecule has 114 valence electrons. The van der Waals surface area contributed by atoms with E-state index in [1.165, 1.54) is 12.1 Å². The average molecular weight is 315 g/mol. The van der Waals surface area contributed by atoms with E-state index < -0.39 is 11.9 Å². The third kappa shape index (κ3) is 3.71. The highest BCUT2D eigenvalue weighted by atomic mass is 35.5. The lowest BCUT2D eigenvalue weighted by Crippen LogP contribution is -2.42. The highest BCUT2D eigenvalue weighted by Crippen LogP contribution is 2.25. The van der Waals surface area contributed by atoms with Crippen molar-refractivity contribution in [3.05, 3.63) is 34.6 Å². The maximum Gasteiger partial charge on any atom is 0.264 e. The van der Waals surface area contributed by atoms with Gasteiger partial charge in [-0.05, 0) is 19.1 Å². The molecule has 0 radical (unpaired) electrons. The number of carbonyl (C=O) groups excluding carboxylic acids is 1. The Morgan fingerprint density at radius 2 is 2.43 bits per heavy atom. The summed E-state index contributed by atoms with van der Waals surface area (Å²) in [6.07, 6.45) is -0.610. The maximum absolute atomic E-state index is 13.8. The van der Waals surface area contributed by atoms with Crippen molar-refractivity contribution in [1.29, 1.82) is 0 Å². The van der Waals surface area contributed by atoms with E-state index >= 15 is 0 Å². The number of hydrogen-bond acceptors (Lipinski definition) is 4. The fourth-order valence-corrected chi connectivity index (χ4v) is 2.34. The van der Waals surface area contributed by atoms with Gasteiger partial charge < -0.3 is 14.9 Å².